The molecule has 0 bridgehead atoms. The van der Waals surface area contributed by atoms with Gasteiger partial charge in [-0.2, -0.15) is 10.5 Å². The Labute approximate surface area is 267 Å². The fourth-order valence-electron chi connectivity index (χ4n) is 4.75. The summed E-state index contributed by atoms with van der Waals surface area (Å²) in [6.07, 6.45) is 3.24. The summed E-state index contributed by atoms with van der Waals surface area (Å²) < 4.78 is 19.2. The summed E-state index contributed by atoms with van der Waals surface area (Å²) in [6.45, 7) is 4.77. The van der Waals surface area contributed by atoms with E-state index in [1.54, 1.807) is 17.5 Å². The van der Waals surface area contributed by atoms with Gasteiger partial charge in [-0.15, -0.1) is 11.3 Å². The van der Waals surface area contributed by atoms with Crippen LogP contribution in [0.1, 0.15) is 22.0 Å². The molecule has 0 saturated carbocycles. The van der Waals surface area contributed by atoms with Crippen LogP contribution in [0.3, 0.4) is 0 Å². The van der Waals surface area contributed by atoms with Crippen LogP contribution in [0.4, 0.5) is 21.5 Å². The van der Waals surface area contributed by atoms with Gasteiger partial charge >= 0.3 is 0 Å². The maximum atomic E-state index is 13.8. The molecule has 2 aromatic carbocycles. The zero-order valence-electron chi connectivity index (χ0n) is 23.3. The second-order valence-electron chi connectivity index (χ2n) is 9.85. The number of hydrazine groups is 1. The first-order chi connectivity index (χ1) is 21.4. The predicted octanol–water partition coefficient (Wildman–Crippen LogP) is 5.61. The monoisotopic (exact) mass is 651 g/mol. The fraction of sp³-hybridized carbons (Fsp3) is 0.233. The van der Waals surface area contributed by atoms with E-state index in [9.17, 15) is 14.9 Å². The smallest absolute Gasteiger partial charge is 0.141 e. The number of hydrogen-bond donors (Lipinski definition) is 5. The van der Waals surface area contributed by atoms with Gasteiger partial charge < -0.3 is 26.1 Å². The van der Waals surface area contributed by atoms with Gasteiger partial charge in [0.1, 0.15) is 24.0 Å². The fourth-order valence-corrected chi connectivity index (χ4v) is 6.10. The van der Waals surface area contributed by atoms with Crippen LogP contribution in [0.2, 0.25) is 10.0 Å². The average molecular weight is 653 g/mol. The highest BCUT2D eigenvalue weighted by Crippen LogP contribution is 2.37. The largest absolute Gasteiger partial charge is 0.388 e. The summed E-state index contributed by atoms with van der Waals surface area (Å²) in [5.74, 6) is 5.46. The number of morpholine rings is 1. The normalized spacial score (nSPS) is 14.5. The van der Waals surface area contributed by atoms with Crippen LogP contribution >= 0.6 is 34.5 Å². The first kappa shape index (κ1) is 31.3. The average Bonchev–Trinajstić information content (AvgIpc) is 3.52. The molecule has 226 valence electrons. The number of rotatable bonds is 11. The highest BCUT2D eigenvalue weighted by Gasteiger charge is 2.21. The minimum absolute atomic E-state index is 0.0602. The van der Waals surface area contributed by atoms with Gasteiger partial charge in [0, 0.05) is 65.6 Å². The quantitative estimate of drug-likeness (QED) is 0.0787. The van der Waals surface area contributed by atoms with Crippen LogP contribution in [-0.4, -0.2) is 49.3 Å². The Kier molecular flexibility index (Phi) is 10.4. The standard InChI is InChI=1S/C30H28Cl2FN9OS/c31-23-11-20(1-2-25(23)33)39-28-19(14-35)15-38-29-22(28)10-21(12-24(29)32)40-30(27-9-18(13-34)17-44-27)26(41-36)16-37-3-4-42-5-7-43-8-6-42/h1-2,9-12,15-17,30,37,40-41H,3-8,36H2,(H,38,39)/b26-16-/t30-/m1/s1. The third-order valence-corrected chi connectivity index (χ3v) is 8.57. The van der Waals surface area contributed by atoms with Crippen molar-refractivity contribution in [1.29, 1.82) is 10.5 Å². The molecule has 44 heavy (non-hydrogen) atoms. The van der Waals surface area contributed by atoms with E-state index >= 15 is 0 Å². The second kappa shape index (κ2) is 14.6. The SMILES string of the molecule is N#Cc1csc([C@H](Nc2cc(Cl)c3ncc(C#N)c(Nc4ccc(F)c(Cl)c4)c3c2)/C(=C/NCCN2CCOCC2)NN)c1. The van der Waals surface area contributed by atoms with Gasteiger partial charge in [-0.25, -0.2) is 4.39 Å². The van der Waals surface area contributed by atoms with Crippen molar-refractivity contribution in [3.05, 3.63) is 91.7 Å². The van der Waals surface area contributed by atoms with E-state index in [0.29, 0.717) is 50.8 Å². The Morgan fingerprint density at radius 2 is 1.93 bits per heavy atom. The zero-order chi connectivity index (χ0) is 31.1. The number of thiophene rings is 1. The molecule has 3 heterocycles. The lowest BCUT2D eigenvalue weighted by molar-refractivity contribution is 0.0388. The van der Waals surface area contributed by atoms with Gasteiger partial charge in [-0.3, -0.25) is 15.7 Å². The van der Waals surface area contributed by atoms with E-state index in [1.165, 1.54) is 35.7 Å². The number of benzene rings is 2. The predicted molar refractivity (Wildman–Crippen MR) is 172 cm³/mol. The molecule has 1 aliphatic rings. The number of nitriles is 2. The molecule has 4 aromatic rings. The number of halogens is 3. The Morgan fingerprint density at radius 3 is 2.64 bits per heavy atom. The Balaban J connectivity index is 1.48. The van der Waals surface area contributed by atoms with Crippen LogP contribution in [0.15, 0.2) is 59.9 Å². The molecule has 10 nitrogen and oxygen atoms in total. The highest BCUT2D eigenvalue weighted by atomic mass is 35.5. The van der Waals surface area contributed by atoms with Crippen molar-refractivity contribution in [1.82, 2.24) is 20.6 Å². The molecule has 1 saturated heterocycles. The Hall–Kier alpha value is -4.14. The first-order valence-electron chi connectivity index (χ1n) is 13.6. The first-order valence-corrected chi connectivity index (χ1v) is 15.2. The molecule has 0 unspecified atom stereocenters. The summed E-state index contributed by atoms with van der Waals surface area (Å²) in [7, 11) is 0. The van der Waals surface area contributed by atoms with E-state index in [-0.39, 0.29) is 10.6 Å². The molecule has 0 radical (unpaired) electrons. The minimum Gasteiger partial charge on any atom is -0.388 e. The van der Waals surface area contributed by atoms with Crippen LogP contribution in [0, 0.1) is 28.5 Å². The molecule has 0 amide bonds. The number of anilines is 3. The molecule has 1 fully saturated rings. The van der Waals surface area contributed by atoms with E-state index < -0.39 is 11.9 Å². The van der Waals surface area contributed by atoms with Gasteiger partial charge in [0.15, 0.2) is 0 Å². The van der Waals surface area contributed by atoms with E-state index in [4.69, 9.17) is 33.8 Å². The molecular formula is C30H28Cl2FN9OS. The van der Waals surface area contributed by atoms with Crippen LogP contribution in [0.5, 0.6) is 0 Å². The van der Waals surface area contributed by atoms with Gasteiger partial charge in [0.2, 0.25) is 0 Å². The van der Waals surface area contributed by atoms with Gasteiger partial charge in [0.05, 0.1) is 51.3 Å². The number of pyridine rings is 1. The molecular weight excluding hydrogens is 624 g/mol. The van der Waals surface area contributed by atoms with Crippen molar-refractivity contribution in [3.63, 3.8) is 0 Å². The molecule has 14 heteroatoms. The van der Waals surface area contributed by atoms with Crippen molar-refractivity contribution in [3.8, 4) is 12.1 Å². The molecule has 5 rings (SSSR count). The summed E-state index contributed by atoms with van der Waals surface area (Å²) in [5.41, 5.74) is 6.18. The van der Waals surface area contributed by atoms with Crippen molar-refractivity contribution >= 4 is 62.5 Å². The van der Waals surface area contributed by atoms with E-state index in [2.05, 4.69) is 43.4 Å². The number of nitrogens with one attached hydrogen (secondary N) is 4. The lowest BCUT2D eigenvalue weighted by Gasteiger charge is -2.26. The van der Waals surface area contributed by atoms with Crippen molar-refractivity contribution in [2.45, 2.75) is 6.04 Å². The highest BCUT2D eigenvalue weighted by molar-refractivity contribution is 7.10. The minimum atomic E-state index is -0.557. The number of fused-ring (bicyclic) bond motifs is 1. The van der Waals surface area contributed by atoms with Crippen LogP contribution in [0.25, 0.3) is 10.9 Å². The maximum Gasteiger partial charge on any atom is 0.141 e. The molecule has 2 aromatic heterocycles. The number of hydrogen-bond acceptors (Lipinski definition) is 11. The molecule has 1 aliphatic heterocycles. The van der Waals surface area contributed by atoms with Gasteiger partial charge in [0.25, 0.3) is 0 Å². The third kappa shape index (κ3) is 7.31. The van der Waals surface area contributed by atoms with Gasteiger partial charge in [-0.05, 0) is 36.4 Å². The Bertz CT molecular complexity index is 1760. The van der Waals surface area contributed by atoms with Crippen LogP contribution < -0.4 is 27.2 Å². The summed E-state index contributed by atoms with van der Waals surface area (Å²) >= 11 is 14.1. The Morgan fingerprint density at radius 1 is 1.14 bits per heavy atom. The van der Waals surface area contributed by atoms with E-state index in [1.807, 2.05) is 12.3 Å². The topological polar surface area (TPSA) is 147 Å². The second-order valence-corrected chi connectivity index (χ2v) is 11.6. The maximum absolute atomic E-state index is 13.8. The molecule has 0 spiro atoms. The van der Waals surface area contributed by atoms with Crippen LogP contribution in [-0.2, 0) is 4.74 Å². The third-order valence-electron chi connectivity index (χ3n) is 6.99. The lowest BCUT2D eigenvalue weighted by Crippen LogP contribution is -2.40. The van der Waals surface area contributed by atoms with Crippen molar-refractivity contribution in [2.24, 2.45) is 5.84 Å². The molecule has 6 N–H and O–H groups in total. The number of aromatic nitrogens is 1. The summed E-state index contributed by atoms with van der Waals surface area (Å²) in [4.78, 5) is 7.56. The van der Waals surface area contributed by atoms with Crippen molar-refractivity contribution in [2.75, 3.05) is 50.0 Å². The number of nitrogens with two attached hydrogens (primary N) is 1. The molecule has 1 atom stereocenters. The summed E-state index contributed by atoms with van der Waals surface area (Å²) in [5, 5.41) is 31.9. The van der Waals surface area contributed by atoms with Gasteiger partial charge in [-0.1, -0.05) is 23.2 Å². The molecule has 0 aliphatic carbocycles. The van der Waals surface area contributed by atoms with E-state index in [0.717, 1.165) is 37.7 Å². The lowest BCUT2D eigenvalue weighted by atomic mass is 10.1. The number of nitrogens with zero attached hydrogens (tertiary/aromatic N) is 4. The zero-order valence-corrected chi connectivity index (χ0v) is 25.7. The number of ether oxygens (including phenoxy) is 1. The summed E-state index contributed by atoms with van der Waals surface area (Å²) in [6, 6.07) is 13.4. The van der Waals surface area contributed by atoms with Crippen molar-refractivity contribution < 1.29 is 9.13 Å².